The average Bonchev–Trinajstić information content (AvgIpc) is 3.15. The van der Waals surface area contributed by atoms with E-state index in [1.165, 1.54) is 16.2 Å². The predicted octanol–water partition coefficient (Wildman–Crippen LogP) is 4.11. The SMILES string of the molecule is CC(CC(=O)O)(C(=O)Nc1sc2c(c1C#N)CCC2)C1CCCCC1. The first-order chi connectivity index (χ1) is 12.0. The molecule has 1 amide bonds. The van der Waals surface area contributed by atoms with Crippen molar-refractivity contribution in [2.45, 2.75) is 64.7 Å². The van der Waals surface area contributed by atoms with Crippen molar-refractivity contribution >= 4 is 28.2 Å². The maximum atomic E-state index is 13.1. The van der Waals surface area contributed by atoms with E-state index >= 15 is 0 Å². The topological polar surface area (TPSA) is 90.2 Å². The molecular formula is C19H24N2O3S. The molecule has 1 heterocycles. The number of hydrogen-bond donors (Lipinski definition) is 2. The van der Waals surface area contributed by atoms with Crippen LogP contribution in [0.25, 0.3) is 0 Å². The summed E-state index contributed by atoms with van der Waals surface area (Å²) in [4.78, 5) is 25.7. The van der Waals surface area contributed by atoms with Gasteiger partial charge in [-0.1, -0.05) is 19.3 Å². The van der Waals surface area contributed by atoms with Crippen LogP contribution in [0.15, 0.2) is 0 Å². The minimum absolute atomic E-state index is 0.0784. The molecule has 0 saturated heterocycles. The summed E-state index contributed by atoms with van der Waals surface area (Å²) in [5, 5.41) is 22.4. The molecule has 0 aliphatic heterocycles. The van der Waals surface area contributed by atoms with E-state index in [1.54, 1.807) is 6.92 Å². The van der Waals surface area contributed by atoms with Crippen LogP contribution in [0, 0.1) is 22.7 Å². The number of nitrogens with zero attached hydrogens (tertiary/aromatic N) is 1. The number of carboxylic acids is 1. The second-order valence-corrected chi connectivity index (χ2v) is 8.56. The Morgan fingerprint density at radius 1 is 1.28 bits per heavy atom. The fourth-order valence-electron chi connectivity index (χ4n) is 4.32. The second kappa shape index (κ2) is 7.17. The smallest absolute Gasteiger partial charge is 0.304 e. The highest BCUT2D eigenvalue weighted by Gasteiger charge is 2.43. The van der Waals surface area contributed by atoms with Gasteiger partial charge in [-0.05, 0) is 50.5 Å². The Hall–Kier alpha value is -1.87. The van der Waals surface area contributed by atoms with E-state index in [1.807, 2.05) is 0 Å². The summed E-state index contributed by atoms with van der Waals surface area (Å²) in [6, 6.07) is 2.23. The number of carbonyl (C=O) groups is 2. The Bertz CT molecular complexity index is 728. The molecule has 0 bridgehead atoms. The van der Waals surface area contributed by atoms with Crippen molar-refractivity contribution < 1.29 is 14.7 Å². The van der Waals surface area contributed by atoms with E-state index in [4.69, 9.17) is 0 Å². The fraction of sp³-hybridized carbons (Fsp3) is 0.632. The molecule has 1 aromatic heterocycles. The zero-order valence-corrected chi connectivity index (χ0v) is 15.4. The van der Waals surface area contributed by atoms with Crippen LogP contribution >= 0.6 is 11.3 Å². The molecule has 2 aliphatic carbocycles. The summed E-state index contributed by atoms with van der Waals surface area (Å²) in [6.07, 6.45) is 7.76. The van der Waals surface area contributed by atoms with Crippen LogP contribution in [0.2, 0.25) is 0 Å². The van der Waals surface area contributed by atoms with Crippen LogP contribution in [0.4, 0.5) is 5.00 Å². The molecule has 0 radical (unpaired) electrons. The van der Waals surface area contributed by atoms with Crippen molar-refractivity contribution in [2.75, 3.05) is 5.32 Å². The third-order valence-electron chi connectivity index (χ3n) is 5.80. The van der Waals surface area contributed by atoms with Gasteiger partial charge < -0.3 is 10.4 Å². The van der Waals surface area contributed by atoms with Crippen LogP contribution in [0.5, 0.6) is 0 Å². The Labute approximate surface area is 152 Å². The van der Waals surface area contributed by atoms with Gasteiger partial charge in [-0.3, -0.25) is 9.59 Å². The van der Waals surface area contributed by atoms with Crippen LogP contribution in [-0.2, 0) is 22.4 Å². The number of rotatable bonds is 5. The summed E-state index contributed by atoms with van der Waals surface area (Å²) in [7, 11) is 0. The van der Waals surface area contributed by atoms with E-state index in [-0.39, 0.29) is 18.2 Å². The molecule has 2 N–H and O–H groups in total. The molecule has 0 spiro atoms. The lowest BCUT2D eigenvalue weighted by Gasteiger charge is -2.37. The number of carboxylic acid groups (broad SMARTS) is 1. The van der Waals surface area contributed by atoms with Gasteiger partial charge in [-0.25, -0.2) is 0 Å². The Morgan fingerprint density at radius 3 is 2.64 bits per heavy atom. The average molecular weight is 360 g/mol. The predicted molar refractivity (Wildman–Crippen MR) is 96.6 cm³/mol. The maximum Gasteiger partial charge on any atom is 0.304 e. The second-order valence-electron chi connectivity index (χ2n) is 7.45. The van der Waals surface area contributed by atoms with E-state index in [0.29, 0.717) is 10.6 Å². The molecule has 2 aliphatic rings. The molecule has 1 unspecified atom stereocenters. The number of aliphatic carboxylic acids is 1. The van der Waals surface area contributed by atoms with Crippen molar-refractivity contribution in [1.29, 1.82) is 5.26 Å². The fourth-order valence-corrected chi connectivity index (χ4v) is 5.56. The molecule has 25 heavy (non-hydrogen) atoms. The molecule has 6 heteroatoms. The number of thiophene rings is 1. The Morgan fingerprint density at radius 2 is 2.00 bits per heavy atom. The lowest BCUT2D eigenvalue weighted by atomic mass is 9.67. The monoisotopic (exact) mass is 360 g/mol. The number of amides is 1. The Kier molecular flexibility index (Phi) is 5.14. The van der Waals surface area contributed by atoms with Gasteiger partial charge in [0.1, 0.15) is 11.1 Å². The third-order valence-corrected chi connectivity index (χ3v) is 7.01. The first-order valence-electron chi connectivity index (χ1n) is 9.03. The molecule has 134 valence electrons. The number of nitrogens with one attached hydrogen (secondary N) is 1. The van der Waals surface area contributed by atoms with Crippen molar-refractivity contribution in [3.8, 4) is 6.07 Å². The summed E-state index contributed by atoms with van der Waals surface area (Å²) in [5.74, 6) is -1.12. The van der Waals surface area contributed by atoms with Crippen molar-refractivity contribution in [3.63, 3.8) is 0 Å². The normalized spacial score (nSPS) is 19.7. The number of fused-ring (bicyclic) bond motifs is 1. The minimum Gasteiger partial charge on any atom is -0.481 e. The van der Waals surface area contributed by atoms with Gasteiger partial charge >= 0.3 is 5.97 Å². The first-order valence-corrected chi connectivity index (χ1v) is 9.85. The highest BCUT2D eigenvalue weighted by Crippen LogP contribution is 2.44. The number of aryl methyl sites for hydroxylation is 1. The largest absolute Gasteiger partial charge is 0.481 e. The summed E-state index contributed by atoms with van der Waals surface area (Å²) in [5.41, 5.74) is 0.709. The van der Waals surface area contributed by atoms with Gasteiger partial charge in [0.2, 0.25) is 5.91 Å². The van der Waals surface area contributed by atoms with Crippen molar-refractivity contribution in [2.24, 2.45) is 11.3 Å². The molecule has 0 aromatic carbocycles. The molecule has 5 nitrogen and oxygen atoms in total. The Balaban J connectivity index is 1.86. The van der Waals surface area contributed by atoms with E-state index in [9.17, 15) is 20.0 Å². The first kappa shape index (κ1) is 17.9. The summed E-state index contributed by atoms with van der Waals surface area (Å²) >= 11 is 1.48. The van der Waals surface area contributed by atoms with Gasteiger partial charge in [-0.15, -0.1) is 11.3 Å². The molecule has 3 rings (SSSR count). The summed E-state index contributed by atoms with van der Waals surface area (Å²) in [6.45, 7) is 1.78. The lowest BCUT2D eigenvalue weighted by Crippen LogP contribution is -2.42. The molecule has 1 aromatic rings. The van der Waals surface area contributed by atoms with Crippen LogP contribution < -0.4 is 5.32 Å². The van der Waals surface area contributed by atoms with Gasteiger partial charge in [0.15, 0.2) is 0 Å². The number of nitriles is 1. The number of anilines is 1. The van der Waals surface area contributed by atoms with Crippen molar-refractivity contribution in [1.82, 2.24) is 0 Å². The van der Waals surface area contributed by atoms with Crippen molar-refractivity contribution in [3.05, 3.63) is 16.0 Å². The lowest BCUT2D eigenvalue weighted by molar-refractivity contribution is -0.145. The number of hydrogen-bond acceptors (Lipinski definition) is 4. The molecule has 1 fully saturated rings. The minimum atomic E-state index is -0.947. The highest BCUT2D eigenvalue weighted by molar-refractivity contribution is 7.16. The molecular weight excluding hydrogens is 336 g/mol. The van der Waals surface area contributed by atoms with Gasteiger partial charge in [-0.2, -0.15) is 5.26 Å². The van der Waals surface area contributed by atoms with E-state index < -0.39 is 11.4 Å². The van der Waals surface area contributed by atoms with Crippen LogP contribution in [-0.4, -0.2) is 17.0 Å². The highest BCUT2D eigenvalue weighted by atomic mass is 32.1. The number of carbonyl (C=O) groups excluding carboxylic acids is 1. The van der Waals surface area contributed by atoms with E-state index in [0.717, 1.165) is 56.9 Å². The van der Waals surface area contributed by atoms with Gasteiger partial charge in [0, 0.05) is 4.88 Å². The van der Waals surface area contributed by atoms with Gasteiger partial charge in [0.05, 0.1) is 17.4 Å². The zero-order valence-electron chi connectivity index (χ0n) is 14.6. The zero-order chi connectivity index (χ0) is 18.0. The molecule has 1 atom stereocenters. The van der Waals surface area contributed by atoms with Crippen LogP contribution in [0.1, 0.15) is 67.9 Å². The van der Waals surface area contributed by atoms with Gasteiger partial charge in [0.25, 0.3) is 0 Å². The van der Waals surface area contributed by atoms with Crippen LogP contribution in [0.3, 0.4) is 0 Å². The molecule has 1 saturated carbocycles. The third kappa shape index (κ3) is 3.43. The van der Waals surface area contributed by atoms with E-state index in [2.05, 4.69) is 11.4 Å². The summed E-state index contributed by atoms with van der Waals surface area (Å²) < 4.78 is 0. The quantitative estimate of drug-likeness (QED) is 0.827. The standard InChI is InChI=1S/C19H24N2O3S/c1-19(10-16(22)23,12-6-3-2-4-7-12)18(24)21-17-14(11-20)13-8-5-9-15(13)25-17/h12H,2-10H2,1H3,(H,21,24)(H,22,23). The maximum absolute atomic E-state index is 13.1.